The van der Waals surface area contributed by atoms with Crippen LogP contribution < -0.4 is 0 Å². The molecule has 4 heteroatoms. The minimum atomic E-state index is 0.142. The lowest BCUT2D eigenvalue weighted by Gasteiger charge is -2.41. The zero-order valence-corrected chi connectivity index (χ0v) is 11.7. The Hall–Kier alpha value is -0.610. The third kappa shape index (κ3) is 3.45. The zero-order valence-electron chi connectivity index (χ0n) is 11.7. The van der Waals surface area contributed by atoms with Gasteiger partial charge in [0.25, 0.3) is 0 Å². The van der Waals surface area contributed by atoms with Crippen molar-refractivity contribution >= 4 is 5.91 Å². The number of carbonyl (C=O) groups is 1. The van der Waals surface area contributed by atoms with Gasteiger partial charge in [-0.15, -0.1) is 0 Å². The van der Waals surface area contributed by atoms with E-state index in [0.29, 0.717) is 6.04 Å². The van der Waals surface area contributed by atoms with Crippen LogP contribution in [-0.2, 0) is 9.53 Å². The van der Waals surface area contributed by atoms with Crippen LogP contribution in [0.5, 0.6) is 0 Å². The summed E-state index contributed by atoms with van der Waals surface area (Å²) >= 11 is 0. The highest BCUT2D eigenvalue weighted by Gasteiger charge is 2.28. The highest BCUT2D eigenvalue weighted by molar-refractivity contribution is 5.77. The minimum Gasteiger partial charge on any atom is -0.375 e. The number of methoxy groups -OCH3 is 1. The number of piperidine rings is 2. The molecule has 0 aromatic carbocycles. The van der Waals surface area contributed by atoms with Gasteiger partial charge in [-0.1, -0.05) is 6.92 Å². The summed E-state index contributed by atoms with van der Waals surface area (Å²) in [6.07, 6.45) is 4.93. The number of carbonyl (C=O) groups excluding carboxylic acids is 1. The Labute approximate surface area is 110 Å². The summed E-state index contributed by atoms with van der Waals surface area (Å²) in [5, 5.41) is 0. The molecule has 2 fully saturated rings. The molecular formula is C14H26N2O2. The minimum absolute atomic E-state index is 0.142. The Kier molecular flexibility index (Phi) is 5.01. The highest BCUT2D eigenvalue weighted by Crippen LogP contribution is 2.23. The molecule has 104 valence electrons. The summed E-state index contributed by atoms with van der Waals surface area (Å²) in [5.74, 6) is 1.04. The van der Waals surface area contributed by atoms with Gasteiger partial charge in [0.05, 0.1) is 0 Å². The third-order valence-corrected chi connectivity index (χ3v) is 4.42. The fraction of sp³-hybridized carbons (Fsp3) is 0.929. The van der Waals surface area contributed by atoms with Crippen LogP contribution in [0.15, 0.2) is 0 Å². The van der Waals surface area contributed by atoms with Gasteiger partial charge in [0.15, 0.2) is 0 Å². The first kappa shape index (κ1) is 13.8. The Morgan fingerprint density at radius 1 is 1.11 bits per heavy atom. The molecule has 1 amide bonds. The number of hydrogen-bond donors (Lipinski definition) is 0. The van der Waals surface area contributed by atoms with Gasteiger partial charge >= 0.3 is 0 Å². The first-order valence-electron chi connectivity index (χ1n) is 7.21. The molecule has 18 heavy (non-hydrogen) atoms. The molecule has 4 nitrogen and oxygen atoms in total. The predicted octanol–water partition coefficient (Wildman–Crippen LogP) is 1.36. The van der Waals surface area contributed by atoms with Crippen molar-refractivity contribution in [3.63, 3.8) is 0 Å². The molecule has 0 aromatic rings. The second-order valence-electron chi connectivity index (χ2n) is 5.76. The van der Waals surface area contributed by atoms with E-state index in [2.05, 4.69) is 11.8 Å². The fourth-order valence-electron chi connectivity index (χ4n) is 3.09. The third-order valence-electron chi connectivity index (χ3n) is 4.42. The van der Waals surface area contributed by atoms with Crippen molar-refractivity contribution in [1.82, 2.24) is 9.80 Å². The van der Waals surface area contributed by atoms with Gasteiger partial charge in [-0.05, 0) is 44.7 Å². The fourth-order valence-corrected chi connectivity index (χ4v) is 3.09. The number of amides is 1. The lowest BCUT2D eigenvalue weighted by molar-refractivity contribution is -0.136. The molecule has 0 aliphatic carbocycles. The van der Waals surface area contributed by atoms with Crippen LogP contribution in [0.4, 0.5) is 0 Å². The molecule has 0 aromatic heterocycles. The summed E-state index contributed by atoms with van der Waals surface area (Å²) in [6, 6.07) is 0.698. The second kappa shape index (κ2) is 6.53. The van der Waals surface area contributed by atoms with Gasteiger partial charge in [0, 0.05) is 26.2 Å². The van der Waals surface area contributed by atoms with E-state index in [4.69, 9.17) is 4.74 Å². The maximum atomic E-state index is 11.7. The highest BCUT2D eigenvalue weighted by atomic mass is 16.5. The molecule has 0 saturated carbocycles. The second-order valence-corrected chi connectivity index (χ2v) is 5.76. The Morgan fingerprint density at radius 3 is 2.28 bits per heavy atom. The number of ether oxygens (including phenoxy) is 1. The smallest absolute Gasteiger partial charge is 0.248 e. The molecule has 0 bridgehead atoms. The van der Waals surface area contributed by atoms with Gasteiger partial charge < -0.3 is 14.5 Å². The quantitative estimate of drug-likeness (QED) is 0.762. The molecule has 0 N–H and O–H groups in total. The Balaban J connectivity index is 1.74. The maximum Gasteiger partial charge on any atom is 0.248 e. The van der Waals surface area contributed by atoms with Crippen LogP contribution in [0.25, 0.3) is 0 Å². The first-order chi connectivity index (χ1) is 8.70. The molecule has 2 saturated heterocycles. The number of likely N-dealkylation sites (tertiary alicyclic amines) is 2. The van der Waals surface area contributed by atoms with Gasteiger partial charge in [-0.25, -0.2) is 0 Å². The van der Waals surface area contributed by atoms with Crippen LogP contribution in [0.2, 0.25) is 0 Å². The van der Waals surface area contributed by atoms with Gasteiger partial charge in [-0.3, -0.25) is 4.79 Å². The molecule has 2 heterocycles. The molecule has 0 spiro atoms. The average Bonchev–Trinajstić information content (AvgIpc) is 2.40. The van der Waals surface area contributed by atoms with E-state index < -0.39 is 0 Å². The van der Waals surface area contributed by atoms with Crippen molar-refractivity contribution in [2.75, 3.05) is 39.9 Å². The van der Waals surface area contributed by atoms with E-state index in [9.17, 15) is 4.79 Å². The summed E-state index contributed by atoms with van der Waals surface area (Å²) < 4.78 is 4.91. The Morgan fingerprint density at radius 2 is 1.72 bits per heavy atom. The van der Waals surface area contributed by atoms with Crippen molar-refractivity contribution in [1.29, 1.82) is 0 Å². The summed E-state index contributed by atoms with van der Waals surface area (Å²) in [4.78, 5) is 16.3. The standard InChI is InChI=1S/C14H26N2O2/c1-12-3-7-15(8-4-12)13-5-9-16(10-6-13)14(17)11-18-2/h12-13H,3-11H2,1-2H3. The van der Waals surface area contributed by atoms with Crippen LogP contribution in [-0.4, -0.2) is 61.6 Å². The lowest BCUT2D eigenvalue weighted by atomic mass is 9.95. The summed E-state index contributed by atoms with van der Waals surface area (Å²) in [7, 11) is 1.58. The van der Waals surface area contributed by atoms with Crippen molar-refractivity contribution in [3.8, 4) is 0 Å². The predicted molar refractivity (Wildman–Crippen MR) is 71.4 cm³/mol. The van der Waals surface area contributed by atoms with Crippen molar-refractivity contribution < 1.29 is 9.53 Å². The molecular weight excluding hydrogens is 228 g/mol. The van der Waals surface area contributed by atoms with Crippen molar-refractivity contribution in [2.24, 2.45) is 5.92 Å². The van der Waals surface area contributed by atoms with Crippen LogP contribution >= 0.6 is 0 Å². The van der Waals surface area contributed by atoms with E-state index >= 15 is 0 Å². The van der Waals surface area contributed by atoms with Crippen LogP contribution in [0.1, 0.15) is 32.6 Å². The van der Waals surface area contributed by atoms with Gasteiger partial charge in [0.1, 0.15) is 6.61 Å². The van der Waals surface area contributed by atoms with E-state index in [1.54, 1.807) is 7.11 Å². The summed E-state index contributed by atoms with van der Waals surface area (Å²) in [5.41, 5.74) is 0. The summed E-state index contributed by atoms with van der Waals surface area (Å²) in [6.45, 7) is 6.88. The molecule has 2 aliphatic heterocycles. The number of nitrogens with zero attached hydrogens (tertiary/aromatic N) is 2. The molecule has 0 unspecified atom stereocenters. The van der Waals surface area contributed by atoms with E-state index in [1.807, 2.05) is 4.90 Å². The molecule has 2 aliphatic rings. The number of rotatable bonds is 3. The topological polar surface area (TPSA) is 32.8 Å². The molecule has 2 rings (SSSR count). The van der Waals surface area contributed by atoms with Crippen LogP contribution in [0.3, 0.4) is 0 Å². The molecule has 0 radical (unpaired) electrons. The van der Waals surface area contributed by atoms with Gasteiger partial charge in [-0.2, -0.15) is 0 Å². The zero-order chi connectivity index (χ0) is 13.0. The van der Waals surface area contributed by atoms with Crippen molar-refractivity contribution in [2.45, 2.75) is 38.6 Å². The Bertz CT molecular complexity index is 267. The SMILES string of the molecule is COCC(=O)N1CCC(N2CCC(C)CC2)CC1. The molecule has 0 atom stereocenters. The van der Waals surface area contributed by atoms with E-state index in [-0.39, 0.29) is 12.5 Å². The lowest BCUT2D eigenvalue weighted by Crippen LogP contribution is -2.49. The van der Waals surface area contributed by atoms with Crippen molar-refractivity contribution in [3.05, 3.63) is 0 Å². The largest absolute Gasteiger partial charge is 0.375 e. The van der Waals surface area contributed by atoms with E-state index in [0.717, 1.165) is 31.8 Å². The monoisotopic (exact) mass is 254 g/mol. The normalized spacial score (nSPS) is 24.4. The first-order valence-corrected chi connectivity index (χ1v) is 7.21. The average molecular weight is 254 g/mol. The van der Waals surface area contributed by atoms with E-state index in [1.165, 1.54) is 25.9 Å². The van der Waals surface area contributed by atoms with Crippen LogP contribution in [0, 0.1) is 5.92 Å². The number of hydrogen-bond acceptors (Lipinski definition) is 3. The van der Waals surface area contributed by atoms with Gasteiger partial charge in [0.2, 0.25) is 5.91 Å². The maximum absolute atomic E-state index is 11.7.